The summed E-state index contributed by atoms with van der Waals surface area (Å²) in [6.45, 7) is -0.691. The standard InChI is InChI=1S/C32H33N3O11/c1-35(2)24-18-11-15-10-17-16(13-5-4-6-14(9-13)30(43)34-19(12-36)31(44)46-3)7-8-20(37)22(17)25(38)21(15)27(40)32(18,45)28(41)23(26(24)39)29(33)42/h4-9,15,18-19,24,36-37,39-40,45H,10-12H2,1-3H3,(H2,33,42)(H,34,43)/t15-,18+,19?,24?,32+/m1/s1. The molecule has 5 atom stereocenters. The SMILES string of the molecule is COC(=O)C(CO)NC(=O)c1cccc(-c2ccc(O)c3c2C[C@@H]2C[C@H]4C(N(C)C)C(O)=C(C(N)=O)C(=O)[C@@]4(O)C(O)=C2C3=O)c1. The van der Waals surface area contributed by atoms with E-state index in [0.717, 1.165) is 7.11 Å². The van der Waals surface area contributed by atoms with Gasteiger partial charge in [-0.2, -0.15) is 0 Å². The predicted octanol–water partition coefficient (Wildman–Crippen LogP) is 0.0513. The third-order valence-corrected chi connectivity index (χ3v) is 9.02. The van der Waals surface area contributed by atoms with Gasteiger partial charge in [0, 0.05) is 17.1 Å². The fourth-order valence-electron chi connectivity index (χ4n) is 6.91. The second-order valence-electron chi connectivity index (χ2n) is 11.8. The maximum atomic E-state index is 14.0. The Kier molecular flexibility index (Phi) is 8.23. The summed E-state index contributed by atoms with van der Waals surface area (Å²) in [5.74, 6) is -9.04. The van der Waals surface area contributed by atoms with Crippen molar-refractivity contribution in [2.45, 2.75) is 30.5 Å². The number of aliphatic hydroxyl groups is 4. The van der Waals surface area contributed by atoms with Gasteiger partial charge in [0.25, 0.3) is 11.8 Å². The topological polar surface area (TPSA) is 237 Å². The molecule has 242 valence electrons. The molecule has 3 aliphatic carbocycles. The van der Waals surface area contributed by atoms with E-state index in [2.05, 4.69) is 10.1 Å². The van der Waals surface area contributed by atoms with Gasteiger partial charge >= 0.3 is 5.97 Å². The number of nitrogens with two attached hydrogens (primary N) is 1. The molecule has 14 nitrogen and oxygen atoms in total. The molecule has 0 spiro atoms. The average molecular weight is 636 g/mol. The number of esters is 1. The first kappa shape index (κ1) is 32.3. The van der Waals surface area contributed by atoms with E-state index >= 15 is 0 Å². The number of ketones is 2. The van der Waals surface area contributed by atoms with Gasteiger partial charge in [0.1, 0.15) is 22.8 Å². The number of aromatic hydroxyl groups is 1. The summed E-state index contributed by atoms with van der Waals surface area (Å²) in [7, 11) is 4.20. The van der Waals surface area contributed by atoms with Crippen LogP contribution in [0.5, 0.6) is 5.75 Å². The second kappa shape index (κ2) is 11.7. The van der Waals surface area contributed by atoms with Crippen LogP contribution in [0.4, 0.5) is 0 Å². The van der Waals surface area contributed by atoms with E-state index in [4.69, 9.17) is 5.73 Å². The number of aliphatic hydroxyl groups excluding tert-OH is 3. The lowest BCUT2D eigenvalue weighted by Crippen LogP contribution is -2.63. The summed E-state index contributed by atoms with van der Waals surface area (Å²) in [4.78, 5) is 65.9. The van der Waals surface area contributed by atoms with Crippen molar-refractivity contribution in [2.75, 3.05) is 27.8 Å². The van der Waals surface area contributed by atoms with Crippen LogP contribution in [-0.2, 0) is 25.5 Å². The highest BCUT2D eigenvalue weighted by Gasteiger charge is 2.63. The molecule has 0 heterocycles. The number of Topliss-reactive ketones (excluding diaryl/α,β-unsaturated/α-hetero) is 2. The van der Waals surface area contributed by atoms with Gasteiger partial charge in [0.2, 0.25) is 5.78 Å². The van der Waals surface area contributed by atoms with Crippen LogP contribution >= 0.6 is 0 Å². The Labute approximate surface area is 262 Å². The number of likely N-dealkylation sites (N-methyl/N-ethyl adjacent to an activating group) is 1. The van der Waals surface area contributed by atoms with Crippen molar-refractivity contribution in [1.29, 1.82) is 0 Å². The zero-order valence-electron chi connectivity index (χ0n) is 25.1. The summed E-state index contributed by atoms with van der Waals surface area (Å²) in [5.41, 5.74) is 2.67. The minimum absolute atomic E-state index is 0.0453. The molecular formula is C32H33N3O11. The summed E-state index contributed by atoms with van der Waals surface area (Å²) >= 11 is 0. The zero-order chi connectivity index (χ0) is 33.8. The molecule has 0 aromatic heterocycles. The van der Waals surface area contributed by atoms with Crippen LogP contribution in [0.3, 0.4) is 0 Å². The number of fused-ring (bicyclic) bond motifs is 3. The Morgan fingerprint density at radius 2 is 1.83 bits per heavy atom. The Morgan fingerprint density at radius 1 is 1.13 bits per heavy atom. The first-order chi connectivity index (χ1) is 21.7. The number of rotatable bonds is 7. The second-order valence-corrected chi connectivity index (χ2v) is 11.8. The first-order valence-corrected chi connectivity index (χ1v) is 14.3. The van der Waals surface area contributed by atoms with Crippen molar-refractivity contribution in [1.82, 2.24) is 10.2 Å². The number of benzene rings is 2. The molecule has 0 saturated carbocycles. The minimum atomic E-state index is -2.75. The molecule has 5 rings (SSSR count). The molecule has 0 saturated heterocycles. The van der Waals surface area contributed by atoms with Gasteiger partial charge in [-0.15, -0.1) is 0 Å². The number of hydrogen-bond donors (Lipinski definition) is 7. The number of carbonyl (C=O) groups is 5. The fraction of sp³-hybridized carbons (Fsp3) is 0.344. The van der Waals surface area contributed by atoms with Crippen LogP contribution in [0.25, 0.3) is 11.1 Å². The van der Waals surface area contributed by atoms with E-state index in [9.17, 15) is 49.5 Å². The van der Waals surface area contributed by atoms with E-state index in [0.29, 0.717) is 16.7 Å². The third kappa shape index (κ3) is 4.81. The van der Waals surface area contributed by atoms with Gasteiger partial charge in [-0.3, -0.25) is 24.1 Å². The van der Waals surface area contributed by atoms with Gasteiger partial charge in [0.05, 0.1) is 25.3 Å². The van der Waals surface area contributed by atoms with E-state index in [1.54, 1.807) is 32.3 Å². The van der Waals surface area contributed by atoms with Gasteiger partial charge < -0.3 is 41.3 Å². The molecule has 0 radical (unpaired) electrons. The van der Waals surface area contributed by atoms with Crippen LogP contribution in [0, 0.1) is 11.8 Å². The lowest BCUT2D eigenvalue weighted by Gasteiger charge is -2.50. The molecule has 2 aromatic rings. The predicted molar refractivity (Wildman–Crippen MR) is 159 cm³/mol. The molecular weight excluding hydrogens is 602 g/mol. The van der Waals surface area contributed by atoms with Crippen LogP contribution < -0.4 is 11.1 Å². The molecule has 0 bridgehead atoms. The number of ether oxygens (including phenoxy) is 1. The number of primary amides is 1. The Morgan fingerprint density at radius 3 is 2.43 bits per heavy atom. The van der Waals surface area contributed by atoms with Crippen LogP contribution in [-0.4, -0.2) is 105 Å². The first-order valence-electron chi connectivity index (χ1n) is 14.3. The Bertz CT molecular complexity index is 1760. The quantitative estimate of drug-likeness (QED) is 0.158. The van der Waals surface area contributed by atoms with Gasteiger partial charge in [-0.25, -0.2) is 4.79 Å². The number of nitrogens with zero attached hydrogens (tertiary/aromatic N) is 1. The Hall–Kier alpha value is -5.05. The lowest BCUT2D eigenvalue weighted by atomic mass is 9.58. The van der Waals surface area contributed by atoms with Gasteiger partial charge in [-0.05, 0) is 67.7 Å². The Balaban J connectivity index is 1.61. The molecule has 2 unspecified atom stereocenters. The van der Waals surface area contributed by atoms with Crippen LogP contribution in [0.2, 0.25) is 0 Å². The van der Waals surface area contributed by atoms with Crippen molar-refractivity contribution >= 4 is 29.4 Å². The lowest BCUT2D eigenvalue weighted by molar-refractivity contribution is -0.148. The number of phenols is 1. The highest BCUT2D eigenvalue weighted by Crippen LogP contribution is 2.53. The molecule has 3 aliphatic rings. The van der Waals surface area contributed by atoms with Gasteiger partial charge in [-0.1, -0.05) is 18.2 Å². The van der Waals surface area contributed by atoms with E-state index < -0.39 is 88.3 Å². The number of hydrogen-bond acceptors (Lipinski definition) is 12. The molecule has 2 amide bonds. The smallest absolute Gasteiger partial charge is 0.330 e. The van der Waals surface area contributed by atoms with E-state index in [1.807, 2.05) is 0 Å². The van der Waals surface area contributed by atoms with E-state index in [-0.39, 0.29) is 29.5 Å². The molecule has 14 heteroatoms. The number of nitrogens with one attached hydrogen (secondary N) is 1. The van der Waals surface area contributed by atoms with E-state index in [1.165, 1.54) is 23.1 Å². The molecule has 8 N–H and O–H groups in total. The number of amides is 2. The normalized spacial score (nSPS) is 24.6. The number of carbonyl (C=O) groups excluding carboxylic acids is 5. The van der Waals surface area contributed by atoms with Crippen molar-refractivity contribution in [2.24, 2.45) is 17.6 Å². The van der Waals surface area contributed by atoms with Crippen LogP contribution in [0.15, 0.2) is 59.1 Å². The highest BCUT2D eigenvalue weighted by atomic mass is 16.5. The maximum Gasteiger partial charge on any atom is 0.330 e. The minimum Gasteiger partial charge on any atom is -0.510 e. The number of phenolic OH excluding ortho intramolecular Hbond substituents is 1. The van der Waals surface area contributed by atoms with Crippen LogP contribution in [0.1, 0.15) is 32.7 Å². The molecule has 0 fully saturated rings. The highest BCUT2D eigenvalue weighted by molar-refractivity contribution is 6.25. The molecule has 0 aliphatic heterocycles. The summed E-state index contributed by atoms with van der Waals surface area (Å²) in [5, 5.41) is 56.9. The zero-order valence-corrected chi connectivity index (χ0v) is 25.1. The van der Waals surface area contributed by atoms with Gasteiger partial charge in [0.15, 0.2) is 17.4 Å². The average Bonchev–Trinajstić information content (AvgIpc) is 3.01. The summed E-state index contributed by atoms with van der Waals surface area (Å²) < 4.78 is 4.59. The monoisotopic (exact) mass is 635 g/mol. The molecule has 46 heavy (non-hydrogen) atoms. The number of allylic oxidation sites excluding steroid dienone is 1. The fourth-order valence-corrected chi connectivity index (χ4v) is 6.91. The van der Waals surface area contributed by atoms with Crippen molar-refractivity contribution < 1.29 is 54.2 Å². The van der Waals surface area contributed by atoms with Crippen molar-refractivity contribution in [3.8, 4) is 16.9 Å². The molecule has 2 aromatic carbocycles. The largest absolute Gasteiger partial charge is 0.510 e. The van der Waals surface area contributed by atoms with Crippen molar-refractivity contribution in [3.63, 3.8) is 0 Å². The third-order valence-electron chi connectivity index (χ3n) is 9.02. The number of methoxy groups -OCH3 is 1. The summed E-state index contributed by atoms with van der Waals surface area (Å²) in [6.07, 6.45) is -0.0387. The summed E-state index contributed by atoms with van der Waals surface area (Å²) in [6, 6.07) is 6.59. The van der Waals surface area contributed by atoms with Crippen molar-refractivity contribution in [3.05, 3.63) is 75.8 Å². The maximum absolute atomic E-state index is 14.0.